The van der Waals surface area contributed by atoms with Crippen LogP contribution in [0.4, 0.5) is 13.2 Å². The summed E-state index contributed by atoms with van der Waals surface area (Å²) in [5, 5.41) is 19.6. The van der Waals surface area contributed by atoms with Gasteiger partial charge in [-0.25, -0.2) is 0 Å². The molecular weight excluding hydrogens is 473 g/mol. The SMILES string of the molecule is CC(=O)O[C@@H]1C[C@@H]2C[C@](O)(C(F)(F)F)CC[C@]2(C)[C@H]2CC[C@]3(C)[C@@H]([C@H](C)CCCC(=O)O)CC[C@H]3[C@H]12. The van der Waals surface area contributed by atoms with Crippen molar-refractivity contribution < 1.29 is 37.7 Å². The molecule has 206 valence electrons. The van der Waals surface area contributed by atoms with E-state index in [0.29, 0.717) is 37.0 Å². The summed E-state index contributed by atoms with van der Waals surface area (Å²) in [6, 6.07) is 0. The molecule has 0 heterocycles. The maximum Gasteiger partial charge on any atom is 0.417 e. The molecule has 0 amide bonds. The van der Waals surface area contributed by atoms with Crippen molar-refractivity contribution in [3.05, 3.63) is 0 Å². The molecule has 0 aromatic heterocycles. The highest BCUT2D eigenvalue weighted by atomic mass is 19.4. The van der Waals surface area contributed by atoms with Crippen molar-refractivity contribution in [2.24, 2.45) is 46.3 Å². The molecule has 4 rings (SSSR count). The van der Waals surface area contributed by atoms with Crippen molar-refractivity contribution in [1.82, 2.24) is 0 Å². The van der Waals surface area contributed by atoms with Gasteiger partial charge in [-0.3, -0.25) is 9.59 Å². The number of hydrogen-bond acceptors (Lipinski definition) is 4. The quantitative estimate of drug-likeness (QED) is 0.401. The minimum atomic E-state index is -4.66. The Morgan fingerprint density at radius 1 is 1.06 bits per heavy atom. The van der Waals surface area contributed by atoms with Gasteiger partial charge in [-0.15, -0.1) is 0 Å². The number of alkyl halides is 3. The third kappa shape index (κ3) is 4.58. The lowest BCUT2D eigenvalue weighted by molar-refractivity contribution is -0.294. The van der Waals surface area contributed by atoms with Gasteiger partial charge in [0.1, 0.15) is 6.10 Å². The molecule has 0 saturated heterocycles. The molecule has 0 spiro atoms. The van der Waals surface area contributed by atoms with Crippen LogP contribution in [0.3, 0.4) is 0 Å². The van der Waals surface area contributed by atoms with Crippen molar-refractivity contribution in [3.8, 4) is 0 Å². The highest BCUT2D eigenvalue weighted by molar-refractivity contribution is 5.66. The van der Waals surface area contributed by atoms with Crippen molar-refractivity contribution in [1.29, 1.82) is 0 Å². The van der Waals surface area contributed by atoms with Crippen LogP contribution in [0.15, 0.2) is 0 Å². The van der Waals surface area contributed by atoms with E-state index in [2.05, 4.69) is 20.8 Å². The first-order valence-electron chi connectivity index (χ1n) is 13.8. The molecule has 0 bridgehead atoms. The van der Waals surface area contributed by atoms with Gasteiger partial charge in [-0.05, 0) is 105 Å². The van der Waals surface area contributed by atoms with Crippen LogP contribution in [-0.2, 0) is 14.3 Å². The first-order chi connectivity index (χ1) is 16.6. The lowest BCUT2D eigenvalue weighted by Gasteiger charge is -2.63. The predicted octanol–water partition coefficient (Wildman–Crippen LogP) is 6.37. The molecule has 4 aliphatic carbocycles. The molecule has 0 aromatic rings. The van der Waals surface area contributed by atoms with E-state index in [1.54, 1.807) is 0 Å². The van der Waals surface area contributed by atoms with E-state index >= 15 is 0 Å². The van der Waals surface area contributed by atoms with E-state index in [1.165, 1.54) is 6.92 Å². The first kappa shape index (κ1) is 27.7. The summed E-state index contributed by atoms with van der Waals surface area (Å²) in [6.45, 7) is 8.08. The number of carbonyl (C=O) groups excluding carboxylic acids is 1. The number of halogens is 3. The summed E-state index contributed by atoms with van der Waals surface area (Å²) in [5.41, 5.74) is -2.93. The molecule has 4 saturated carbocycles. The van der Waals surface area contributed by atoms with E-state index in [-0.39, 0.29) is 47.8 Å². The number of carbonyl (C=O) groups is 2. The molecule has 10 atom stereocenters. The van der Waals surface area contributed by atoms with Gasteiger partial charge in [0.15, 0.2) is 5.60 Å². The van der Waals surface area contributed by atoms with E-state index in [0.717, 1.165) is 32.1 Å². The Morgan fingerprint density at radius 2 is 1.72 bits per heavy atom. The average molecular weight is 517 g/mol. The predicted molar refractivity (Wildman–Crippen MR) is 128 cm³/mol. The molecule has 4 fully saturated rings. The van der Waals surface area contributed by atoms with Crippen LogP contribution in [-0.4, -0.2) is 40.0 Å². The largest absolute Gasteiger partial charge is 0.481 e. The van der Waals surface area contributed by atoms with Crippen molar-refractivity contribution in [2.75, 3.05) is 0 Å². The normalized spacial score (nSPS) is 45.2. The van der Waals surface area contributed by atoms with Crippen LogP contribution >= 0.6 is 0 Å². The Morgan fingerprint density at radius 3 is 2.33 bits per heavy atom. The Labute approximate surface area is 212 Å². The Hall–Kier alpha value is -1.31. The standard InChI is InChI=1S/C28H43F3O5/c1-16(6-5-7-23(33)34)19-8-9-20-24-21(10-11-26(19,20)4)25(3)12-13-27(35,28(29,30)31)15-18(25)14-22(24)36-17(2)32/h16,18-22,24,35H,5-15H2,1-4H3,(H,33,34)/t16-,18-,19-,20+,21+,22-,24+,25+,26-,27+/m1/s1. The number of aliphatic hydroxyl groups is 1. The molecule has 4 aliphatic rings. The van der Waals surface area contributed by atoms with Gasteiger partial charge in [0.25, 0.3) is 0 Å². The molecular formula is C28H43F3O5. The number of carboxylic acids is 1. The van der Waals surface area contributed by atoms with Gasteiger partial charge in [0.05, 0.1) is 0 Å². The molecule has 0 aromatic carbocycles. The van der Waals surface area contributed by atoms with Crippen LogP contribution in [0.1, 0.15) is 98.3 Å². The van der Waals surface area contributed by atoms with Gasteiger partial charge in [-0.2, -0.15) is 13.2 Å². The zero-order chi connectivity index (χ0) is 26.7. The Kier molecular flexibility index (Phi) is 7.28. The average Bonchev–Trinajstić information content (AvgIpc) is 3.10. The first-order valence-corrected chi connectivity index (χ1v) is 13.8. The van der Waals surface area contributed by atoms with E-state index in [9.17, 15) is 27.9 Å². The Bertz CT molecular complexity index is 861. The molecule has 0 aliphatic heterocycles. The third-order valence-corrected chi connectivity index (χ3v) is 11.4. The smallest absolute Gasteiger partial charge is 0.417 e. The van der Waals surface area contributed by atoms with Gasteiger partial charge >= 0.3 is 18.1 Å². The number of ether oxygens (including phenoxy) is 1. The number of hydrogen-bond donors (Lipinski definition) is 2. The second-order valence-corrected chi connectivity index (χ2v) is 13.1. The van der Waals surface area contributed by atoms with Gasteiger partial charge < -0.3 is 14.9 Å². The number of carboxylic acid groups (broad SMARTS) is 1. The fourth-order valence-electron chi connectivity index (χ4n) is 9.53. The van der Waals surface area contributed by atoms with E-state index in [1.807, 2.05) is 0 Å². The molecule has 8 heteroatoms. The molecule has 5 nitrogen and oxygen atoms in total. The molecule has 0 unspecified atom stereocenters. The zero-order valence-corrected chi connectivity index (χ0v) is 22.1. The second-order valence-electron chi connectivity index (χ2n) is 13.1. The van der Waals surface area contributed by atoms with Crippen molar-refractivity contribution >= 4 is 11.9 Å². The van der Waals surface area contributed by atoms with Crippen LogP contribution in [0.25, 0.3) is 0 Å². The van der Waals surface area contributed by atoms with Crippen LogP contribution in [0.5, 0.6) is 0 Å². The maximum atomic E-state index is 13.8. The highest BCUT2D eigenvalue weighted by Crippen LogP contribution is 2.69. The highest BCUT2D eigenvalue weighted by Gasteiger charge is 2.67. The van der Waals surface area contributed by atoms with Crippen molar-refractivity contribution in [3.63, 3.8) is 0 Å². The van der Waals surface area contributed by atoms with Gasteiger partial charge in [-0.1, -0.05) is 20.8 Å². The van der Waals surface area contributed by atoms with Crippen LogP contribution in [0, 0.1) is 46.3 Å². The van der Waals surface area contributed by atoms with Gasteiger partial charge in [0, 0.05) is 19.3 Å². The van der Waals surface area contributed by atoms with Crippen LogP contribution < -0.4 is 0 Å². The lowest BCUT2D eigenvalue weighted by Crippen LogP contribution is -2.62. The minimum absolute atomic E-state index is 0.0484. The molecule has 36 heavy (non-hydrogen) atoms. The topological polar surface area (TPSA) is 83.8 Å². The maximum absolute atomic E-state index is 13.8. The molecule has 0 radical (unpaired) electrons. The summed E-state index contributed by atoms with van der Waals surface area (Å²) in [6.07, 6.45) is 0.701. The summed E-state index contributed by atoms with van der Waals surface area (Å²) in [5.74, 6) is -0.0484. The van der Waals surface area contributed by atoms with Crippen molar-refractivity contribution in [2.45, 2.75) is 116 Å². The summed E-state index contributed by atoms with van der Waals surface area (Å²) in [7, 11) is 0. The summed E-state index contributed by atoms with van der Waals surface area (Å²) in [4.78, 5) is 23.1. The second kappa shape index (κ2) is 9.46. The monoisotopic (exact) mass is 516 g/mol. The third-order valence-electron chi connectivity index (χ3n) is 11.4. The fourth-order valence-corrected chi connectivity index (χ4v) is 9.53. The van der Waals surface area contributed by atoms with Crippen LogP contribution in [0.2, 0.25) is 0 Å². The Balaban J connectivity index is 1.60. The number of aliphatic carboxylic acids is 1. The van der Waals surface area contributed by atoms with E-state index < -0.39 is 29.8 Å². The minimum Gasteiger partial charge on any atom is -0.481 e. The number of rotatable bonds is 6. The fraction of sp³-hybridized carbons (Fsp3) is 0.929. The summed E-state index contributed by atoms with van der Waals surface area (Å²) < 4.78 is 47.2. The van der Waals surface area contributed by atoms with Gasteiger partial charge in [0.2, 0.25) is 0 Å². The zero-order valence-electron chi connectivity index (χ0n) is 22.1. The lowest BCUT2D eigenvalue weighted by atomic mass is 9.43. The van der Waals surface area contributed by atoms with E-state index in [4.69, 9.17) is 9.84 Å². The number of esters is 1. The molecule has 2 N–H and O–H groups in total. The summed E-state index contributed by atoms with van der Waals surface area (Å²) >= 11 is 0. The number of fused-ring (bicyclic) bond motifs is 5.